The van der Waals surface area contributed by atoms with E-state index in [0.29, 0.717) is 36.5 Å². The maximum absolute atomic E-state index is 12.8. The molecule has 1 aliphatic rings. The lowest BCUT2D eigenvalue weighted by Gasteiger charge is -2.31. The summed E-state index contributed by atoms with van der Waals surface area (Å²) in [6.07, 6.45) is 3.18. The van der Waals surface area contributed by atoms with Gasteiger partial charge < -0.3 is 5.32 Å². The first-order chi connectivity index (χ1) is 13.9. The number of aryl methyl sites for hydroxylation is 1. The van der Waals surface area contributed by atoms with Crippen molar-refractivity contribution in [1.82, 2.24) is 9.62 Å². The van der Waals surface area contributed by atoms with Gasteiger partial charge >= 0.3 is 0 Å². The molecule has 29 heavy (non-hydrogen) atoms. The van der Waals surface area contributed by atoms with Gasteiger partial charge in [-0.15, -0.1) is 0 Å². The van der Waals surface area contributed by atoms with Gasteiger partial charge in [0, 0.05) is 24.7 Å². The van der Waals surface area contributed by atoms with Crippen molar-refractivity contribution < 1.29 is 13.2 Å². The maximum Gasteiger partial charge on any atom is 0.224 e. The van der Waals surface area contributed by atoms with Crippen LogP contribution in [0.5, 0.6) is 0 Å². The van der Waals surface area contributed by atoms with E-state index >= 15 is 0 Å². The van der Waals surface area contributed by atoms with Gasteiger partial charge in [-0.25, -0.2) is 12.7 Å². The first kappa shape index (κ1) is 21.8. The van der Waals surface area contributed by atoms with Gasteiger partial charge in [0.15, 0.2) is 0 Å². The molecule has 1 aliphatic heterocycles. The molecule has 0 saturated carbocycles. The first-order valence-corrected chi connectivity index (χ1v) is 12.0. The van der Waals surface area contributed by atoms with Crippen LogP contribution in [0.1, 0.15) is 30.4 Å². The molecule has 0 spiro atoms. The number of hydrogen-bond donors (Lipinski definition) is 1. The number of carbonyl (C=O) groups excluding carboxylic acids is 1. The lowest BCUT2D eigenvalue weighted by atomic mass is 9.99. The van der Waals surface area contributed by atoms with Crippen molar-refractivity contribution >= 4 is 27.5 Å². The summed E-state index contributed by atoms with van der Waals surface area (Å²) in [6, 6.07) is 17.0. The van der Waals surface area contributed by atoms with Crippen molar-refractivity contribution in [3.63, 3.8) is 0 Å². The molecule has 1 fully saturated rings. The Labute approximate surface area is 178 Å². The predicted octanol–water partition coefficient (Wildman–Crippen LogP) is 3.63. The van der Waals surface area contributed by atoms with E-state index in [9.17, 15) is 13.2 Å². The summed E-state index contributed by atoms with van der Waals surface area (Å²) in [6.45, 7) is 1.30. The van der Waals surface area contributed by atoms with Crippen LogP contribution in [0, 0.1) is 5.92 Å². The molecule has 1 N–H and O–H groups in total. The van der Waals surface area contributed by atoms with Gasteiger partial charge in [-0.1, -0.05) is 54.1 Å². The SMILES string of the molecule is O=C(NCCCc1ccccc1)C1CCCN(S(=O)(=O)Cc2cccc(Cl)c2)C1. The second-order valence-electron chi connectivity index (χ2n) is 7.46. The van der Waals surface area contributed by atoms with Crippen LogP contribution in [-0.2, 0) is 27.0 Å². The van der Waals surface area contributed by atoms with Crippen LogP contribution >= 0.6 is 11.6 Å². The third-order valence-corrected chi connectivity index (χ3v) is 7.22. The number of piperidine rings is 1. The highest BCUT2D eigenvalue weighted by Gasteiger charge is 2.32. The summed E-state index contributed by atoms with van der Waals surface area (Å²) >= 11 is 5.96. The first-order valence-electron chi connectivity index (χ1n) is 9.98. The predicted molar refractivity (Wildman–Crippen MR) is 116 cm³/mol. The molecule has 7 heteroatoms. The molecule has 5 nitrogen and oxygen atoms in total. The van der Waals surface area contributed by atoms with E-state index in [2.05, 4.69) is 17.4 Å². The van der Waals surface area contributed by atoms with Crippen LogP contribution in [0.25, 0.3) is 0 Å². The smallest absolute Gasteiger partial charge is 0.224 e. The number of benzene rings is 2. The second kappa shape index (κ2) is 10.2. The van der Waals surface area contributed by atoms with Crippen LogP contribution in [0.4, 0.5) is 0 Å². The molecule has 1 saturated heterocycles. The van der Waals surface area contributed by atoms with Crippen LogP contribution in [0.2, 0.25) is 5.02 Å². The quantitative estimate of drug-likeness (QED) is 0.645. The lowest BCUT2D eigenvalue weighted by Crippen LogP contribution is -2.45. The molecule has 1 amide bonds. The number of nitrogens with one attached hydrogen (secondary N) is 1. The van der Waals surface area contributed by atoms with Crippen molar-refractivity contribution in [2.24, 2.45) is 5.92 Å². The van der Waals surface area contributed by atoms with Crippen molar-refractivity contribution in [3.8, 4) is 0 Å². The molecular formula is C22H27ClN2O3S. The fourth-order valence-corrected chi connectivity index (χ4v) is 5.44. The van der Waals surface area contributed by atoms with E-state index < -0.39 is 10.0 Å². The normalized spacial score (nSPS) is 17.8. The molecule has 2 aromatic rings. The summed E-state index contributed by atoms with van der Waals surface area (Å²) < 4.78 is 27.1. The van der Waals surface area contributed by atoms with Crippen molar-refractivity contribution in [2.75, 3.05) is 19.6 Å². The van der Waals surface area contributed by atoms with Crippen LogP contribution in [0.3, 0.4) is 0 Å². The number of hydrogen-bond acceptors (Lipinski definition) is 3. The largest absolute Gasteiger partial charge is 0.356 e. The third kappa shape index (κ3) is 6.56. The van der Waals surface area contributed by atoms with E-state index in [1.165, 1.54) is 9.87 Å². The van der Waals surface area contributed by atoms with Gasteiger partial charge in [-0.2, -0.15) is 0 Å². The molecule has 2 aromatic carbocycles. The van der Waals surface area contributed by atoms with E-state index in [-0.39, 0.29) is 24.1 Å². The Morgan fingerprint density at radius 1 is 1.10 bits per heavy atom. The molecule has 1 unspecified atom stereocenters. The van der Waals surface area contributed by atoms with Crippen molar-refractivity contribution in [1.29, 1.82) is 0 Å². The highest BCUT2D eigenvalue weighted by Crippen LogP contribution is 2.22. The number of rotatable bonds is 8. The molecule has 0 aliphatic carbocycles. The fraction of sp³-hybridized carbons (Fsp3) is 0.409. The molecule has 1 atom stereocenters. The average molecular weight is 435 g/mol. The van der Waals surface area contributed by atoms with Gasteiger partial charge in [-0.05, 0) is 48.9 Å². The Kier molecular flexibility index (Phi) is 7.70. The topological polar surface area (TPSA) is 66.5 Å². The van der Waals surface area contributed by atoms with Crippen molar-refractivity contribution in [2.45, 2.75) is 31.4 Å². The summed E-state index contributed by atoms with van der Waals surface area (Å²) in [5.74, 6) is -0.450. The van der Waals surface area contributed by atoms with E-state index in [1.807, 2.05) is 18.2 Å². The number of nitrogens with zero attached hydrogens (tertiary/aromatic N) is 1. The van der Waals surface area contributed by atoms with Gasteiger partial charge in [0.1, 0.15) is 0 Å². The Balaban J connectivity index is 1.49. The summed E-state index contributed by atoms with van der Waals surface area (Å²) in [4.78, 5) is 12.5. The Morgan fingerprint density at radius 2 is 1.86 bits per heavy atom. The number of carbonyl (C=O) groups is 1. The Bertz CT molecular complexity index is 919. The van der Waals surface area contributed by atoms with Gasteiger partial charge in [-0.3, -0.25) is 4.79 Å². The lowest BCUT2D eigenvalue weighted by molar-refractivity contribution is -0.126. The van der Waals surface area contributed by atoms with Crippen LogP contribution in [-0.4, -0.2) is 38.3 Å². The Morgan fingerprint density at radius 3 is 2.62 bits per heavy atom. The summed E-state index contributed by atoms with van der Waals surface area (Å²) in [7, 11) is -3.49. The number of amides is 1. The zero-order valence-corrected chi connectivity index (χ0v) is 18.0. The van der Waals surface area contributed by atoms with Gasteiger partial charge in [0.05, 0.1) is 11.7 Å². The number of sulfonamides is 1. The third-order valence-electron chi connectivity index (χ3n) is 5.17. The minimum Gasteiger partial charge on any atom is -0.356 e. The molecule has 0 aromatic heterocycles. The summed E-state index contributed by atoms with van der Waals surface area (Å²) in [5.41, 5.74) is 1.91. The molecule has 0 bridgehead atoms. The second-order valence-corrected chi connectivity index (χ2v) is 9.87. The fourth-order valence-electron chi connectivity index (χ4n) is 3.63. The minimum atomic E-state index is -3.49. The number of halogens is 1. The molecule has 0 radical (unpaired) electrons. The van der Waals surface area contributed by atoms with Crippen molar-refractivity contribution in [3.05, 3.63) is 70.7 Å². The molecule has 3 rings (SSSR count). The van der Waals surface area contributed by atoms with Gasteiger partial charge in [0.2, 0.25) is 15.9 Å². The van der Waals surface area contributed by atoms with Crippen LogP contribution < -0.4 is 5.32 Å². The molecule has 156 valence electrons. The molecule has 1 heterocycles. The zero-order valence-electron chi connectivity index (χ0n) is 16.4. The average Bonchev–Trinajstić information content (AvgIpc) is 2.71. The monoisotopic (exact) mass is 434 g/mol. The standard InChI is InChI=1S/C22H27ClN2O3S/c23-21-12-4-9-19(15-21)17-29(27,28)25-14-6-11-20(16-25)22(26)24-13-5-10-18-7-2-1-3-8-18/h1-4,7-9,12,15,20H,5-6,10-11,13-14,16-17H2,(H,24,26). The molecular weight excluding hydrogens is 408 g/mol. The highest BCUT2D eigenvalue weighted by atomic mass is 35.5. The summed E-state index contributed by atoms with van der Waals surface area (Å²) in [5, 5.41) is 3.49. The minimum absolute atomic E-state index is 0.0549. The van der Waals surface area contributed by atoms with Crippen LogP contribution in [0.15, 0.2) is 54.6 Å². The van der Waals surface area contributed by atoms with E-state index in [0.717, 1.165) is 12.8 Å². The van der Waals surface area contributed by atoms with E-state index in [1.54, 1.807) is 24.3 Å². The Hall–Kier alpha value is -1.89. The maximum atomic E-state index is 12.8. The highest BCUT2D eigenvalue weighted by molar-refractivity contribution is 7.88. The zero-order chi connectivity index (χ0) is 20.7. The van der Waals surface area contributed by atoms with Gasteiger partial charge in [0.25, 0.3) is 0 Å². The van der Waals surface area contributed by atoms with E-state index in [4.69, 9.17) is 11.6 Å².